The Morgan fingerprint density at radius 1 is 0.938 bits per heavy atom. The maximum absolute atomic E-state index is 12.7. The molecule has 0 aliphatic carbocycles. The van der Waals surface area contributed by atoms with Crippen molar-refractivity contribution in [1.29, 1.82) is 0 Å². The van der Waals surface area contributed by atoms with Crippen LogP contribution in [-0.2, 0) is 4.79 Å². The summed E-state index contributed by atoms with van der Waals surface area (Å²) in [5.74, 6) is 0.391. The van der Waals surface area contributed by atoms with Crippen molar-refractivity contribution in [3.8, 4) is 5.75 Å². The summed E-state index contributed by atoms with van der Waals surface area (Å²) in [6.07, 6.45) is 0. The highest BCUT2D eigenvalue weighted by atomic mass is 16.5. The highest BCUT2D eigenvalue weighted by Gasteiger charge is 2.13. The third kappa shape index (κ3) is 6.47. The number of hydrogen-bond acceptors (Lipinski definition) is 4. The summed E-state index contributed by atoms with van der Waals surface area (Å²) in [4.78, 5) is 26.6. The van der Waals surface area contributed by atoms with Crippen LogP contribution in [0.5, 0.6) is 5.75 Å². The first kappa shape index (κ1) is 22.6. The second kappa shape index (κ2) is 10.8. The van der Waals surface area contributed by atoms with E-state index in [0.717, 1.165) is 16.9 Å². The van der Waals surface area contributed by atoms with E-state index >= 15 is 0 Å². The summed E-state index contributed by atoms with van der Waals surface area (Å²) in [7, 11) is 1.73. The smallest absolute Gasteiger partial charge is 0.258 e. The standard InChI is InChI=1S/C26H27N3O3/c1-19(2)18-32-24-11-7-8-22(16-24)27-17-25(30)28-21-14-12-20(13-15-21)26(31)29(3)23-9-5-4-6-10-23/h4-16,27H,1,17-18H2,2-3H3,(H,28,30). The number of carbonyl (C=O) groups is 2. The predicted octanol–water partition coefficient (Wildman–Crippen LogP) is 4.97. The maximum Gasteiger partial charge on any atom is 0.258 e. The van der Waals surface area contributed by atoms with Crippen molar-refractivity contribution in [2.45, 2.75) is 6.92 Å². The Kier molecular flexibility index (Phi) is 7.65. The van der Waals surface area contributed by atoms with Gasteiger partial charge in [0.1, 0.15) is 12.4 Å². The Balaban J connectivity index is 1.52. The molecule has 2 amide bonds. The van der Waals surface area contributed by atoms with Gasteiger partial charge in [-0.05, 0) is 61.0 Å². The lowest BCUT2D eigenvalue weighted by molar-refractivity contribution is -0.114. The number of nitrogens with zero attached hydrogens (tertiary/aromatic N) is 1. The summed E-state index contributed by atoms with van der Waals surface area (Å²) in [6.45, 7) is 6.26. The molecule has 0 atom stereocenters. The molecule has 6 heteroatoms. The van der Waals surface area contributed by atoms with Crippen molar-refractivity contribution < 1.29 is 14.3 Å². The van der Waals surface area contributed by atoms with Crippen LogP contribution >= 0.6 is 0 Å². The van der Waals surface area contributed by atoms with Crippen molar-refractivity contribution in [3.63, 3.8) is 0 Å². The third-order valence-electron chi connectivity index (χ3n) is 4.64. The van der Waals surface area contributed by atoms with Gasteiger partial charge in [-0.25, -0.2) is 0 Å². The molecule has 0 aliphatic rings. The van der Waals surface area contributed by atoms with E-state index < -0.39 is 0 Å². The zero-order chi connectivity index (χ0) is 22.9. The van der Waals surface area contributed by atoms with Crippen molar-refractivity contribution in [1.82, 2.24) is 0 Å². The highest BCUT2D eigenvalue weighted by molar-refractivity contribution is 6.06. The average Bonchev–Trinajstić information content (AvgIpc) is 2.82. The van der Waals surface area contributed by atoms with E-state index in [1.807, 2.05) is 61.5 Å². The second-order valence-corrected chi connectivity index (χ2v) is 7.45. The molecule has 32 heavy (non-hydrogen) atoms. The van der Waals surface area contributed by atoms with E-state index in [-0.39, 0.29) is 18.4 Å². The highest BCUT2D eigenvalue weighted by Crippen LogP contribution is 2.19. The molecule has 6 nitrogen and oxygen atoms in total. The molecule has 0 unspecified atom stereocenters. The Morgan fingerprint density at radius 3 is 2.34 bits per heavy atom. The summed E-state index contributed by atoms with van der Waals surface area (Å²) < 4.78 is 5.61. The molecule has 0 heterocycles. The van der Waals surface area contributed by atoms with Gasteiger partial charge in [0.15, 0.2) is 0 Å². The molecule has 0 saturated heterocycles. The molecule has 0 bridgehead atoms. The third-order valence-corrected chi connectivity index (χ3v) is 4.64. The molecule has 2 N–H and O–H groups in total. The number of ether oxygens (including phenoxy) is 1. The summed E-state index contributed by atoms with van der Waals surface area (Å²) in [5.41, 5.74) is 3.69. The minimum atomic E-state index is -0.196. The zero-order valence-electron chi connectivity index (χ0n) is 18.3. The molecule has 3 aromatic rings. The first-order valence-corrected chi connectivity index (χ1v) is 10.3. The van der Waals surface area contributed by atoms with Gasteiger partial charge in [0, 0.05) is 35.7 Å². The van der Waals surface area contributed by atoms with Crippen LogP contribution in [-0.4, -0.2) is 32.0 Å². The fourth-order valence-electron chi connectivity index (χ4n) is 2.95. The van der Waals surface area contributed by atoms with Crippen LogP contribution in [0.25, 0.3) is 0 Å². The molecular formula is C26H27N3O3. The van der Waals surface area contributed by atoms with Gasteiger partial charge in [-0.2, -0.15) is 0 Å². The Bertz CT molecular complexity index is 1080. The van der Waals surface area contributed by atoms with Crippen molar-refractivity contribution in [2.24, 2.45) is 0 Å². The normalized spacial score (nSPS) is 10.2. The quantitative estimate of drug-likeness (QED) is 0.471. The zero-order valence-corrected chi connectivity index (χ0v) is 18.3. The minimum Gasteiger partial charge on any atom is -0.489 e. The lowest BCUT2D eigenvalue weighted by atomic mass is 10.1. The van der Waals surface area contributed by atoms with Crippen LogP contribution in [0.15, 0.2) is 91.0 Å². The molecule has 0 fully saturated rings. The second-order valence-electron chi connectivity index (χ2n) is 7.45. The topological polar surface area (TPSA) is 70.7 Å². The average molecular weight is 430 g/mol. The van der Waals surface area contributed by atoms with Crippen LogP contribution < -0.4 is 20.3 Å². The van der Waals surface area contributed by atoms with Crippen LogP contribution in [0, 0.1) is 0 Å². The number of amides is 2. The van der Waals surface area contributed by atoms with E-state index in [4.69, 9.17) is 4.74 Å². The summed E-state index contributed by atoms with van der Waals surface area (Å²) in [6, 6.07) is 23.7. The Morgan fingerprint density at radius 2 is 1.66 bits per heavy atom. The number of para-hydroxylation sites is 1. The van der Waals surface area contributed by atoms with Crippen molar-refractivity contribution >= 4 is 28.9 Å². The lowest BCUT2D eigenvalue weighted by Crippen LogP contribution is -2.26. The van der Waals surface area contributed by atoms with E-state index in [1.165, 1.54) is 0 Å². The largest absolute Gasteiger partial charge is 0.489 e. The van der Waals surface area contributed by atoms with Gasteiger partial charge in [0.05, 0.1) is 6.54 Å². The van der Waals surface area contributed by atoms with Gasteiger partial charge >= 0.3 is 0 Å². The Hall–Kier alpha value is -4.06. The van der Waals surface area contributed by atoms with Crippen LogP contribution in [0.4, 0.5) is 17.1 Å². The monoisotopic (exact) mass is 429 g/mol. The lowest BCUT2D eigenvalue weighted by Gasteiger charge is -2.17. The predicted molar refractivity (Wildman–Crippen MR) is 129 cm³/mol. The summed E-state index contributed by atoms with van der Waals surface area (Å²) >= 11 is 0. The van der Waals surface area contributed by atoms with Crippen LogP contribution in [0.1, 0.15) is 17.3 Å². The fraction of sp³-hybridized carbons (Fsp3) is 0.154. The van der Waals surface area contributed by atoms with Gasteiger partial charge in [0.25, 0.3) is 5.91 Å². The molecule has 0 spiro atoms. The maximum atomic E-state index is 12.7. The van der Waals surface area contributed by atoms with Crippen LogP contribution in [0.2, 0.25) is 0 Å². The number of benzene rings is 3. The molecule has 3 aromatic carbocycles. The SMILES string of the molecule is C=C(C)COc1cccc(NCC(=O)Nc2ccc(C(=O)N(C)c3ccccc3)cc2)c1. The van der Waals surface area contributed by atoms with Crippen molar-refractivity contribution in [3.05, 3.63) is 96.6 Å². The number of hydrogen-bond donors (Lipinski definition) is 2. The number of carbonyl (C=O) groups excluding carboxylic acids is 2. The van der Waals surface area contributed by atoms with Gasteiger partial charge in [0.2, 0.25) is 5.91 Å². The van der Waals surface area contributed by atoms with E-state index in [2.05, 4.69) is 17.2 Å². The van der Waals surface area contributed by atoms with Gasteiger partial charge < -0.3 is 20.3 Å². The fourth-order valence-corrected chi connectivity index (χ4v) is 2.95. The van der Waals surface area contributed by atoms with Gasteiger partial charge in [-0.3, -0.25) is 9.59 Å². The van der Waals surface area contributed by atoms with Crippen LogP contribution in [0.3, 0.4) is 0 Å². The Labute approximate surface area is 188 Å². The first-order valence-electron chi connectivity index (χ1n) is 10.3. The van der Waals surface area contributed by atoms with E-state index in [1.54, 1.807) is 36.2 Å². The van der Waals surface area contributed by atoms with E-state index in [0.29, 0.717) is 23.6 Å². The molecule has 164 valence electrons. The molecule has 0 aliphatic heterocycles. The van der Waals surface area contributed by atoms with Gasteiger partial charge in [-0.15, -0.1) is 0 Å². The molecule has 0 aromatic heterocycles. The van der Waals surface area contributed by atoms with E-state index in [9.17, 15) is 9.59 Å². The summed E-state index contributed by atoms with van der Waals surface area (Å²) in [5, 5.41) is 5.90. The van der Waals surface area contributed by atoms with Gasteiger partial charge in [-0.1, -0.05) is 30.8 Å². The molecular weight excluding hydrogens is 402 g/mol. The molecule has 3 rings (SSSR count). The number of nitrogens with one attached hydrogen (secondary N) is 2. The minimum absolute atomic E-state index is 0.0986. The number of rotatable bonds is 9. The van der Waals surface area contributed by atoms with Crippen molar-refractivity contribution in [2.75, 3.05) is 35.7 Å². The molecule has 0 radical (unpaired) electrons. The first-order chi connectivity index (χ1) is 15.4. The molecule has 0 saturated carbocycles. The number of anilines is 3.